The smallest absolute Gasteiger partial charge is 0.399 e. The Balaban J connectivity index is 1.95. The van der Waals surface area contributed by atoms with Gasteiger partial charge in [-0.15, -0.1) is 0 Å². The summed E-state index contributed by atoms with van der Waals surface area (Å²) >= 11 is 0. The summed E-state index contributed by atoms with van der Waals surface area (Å²) in [5, 5.41) is 9.29. The van der Waals surface area contributed by atoms with E-state index in [0.29, 0.717) is 11.1 Å². The normalized spacial score (nSPS) is 11.7. The summed E-state index contributed by atoms with van der Waals surface area (Å²) in [6.07, 6.45) is -2.59. The van der Waals surface area contributed by atoms with Gasteiger partial charge >= 0.3 is 6.18 Å². The summed E-state index contributed by atoms with van der Waals surface area (Å²) in [4.78, 5) is 17.1. The van der Waals surface area contributed by atoms with Crippen LogP contribution in [0.15, 0.2) is 53.8 Å². The number of nitrogens with zero attached hydrogens (tertiary/aromatic N) is 3. The number of alkyl halides is 3. The van der Waals surface area contributed by atoms with Gasteiger partial charge in [0.25, 0.3) is 5.91 Å². The van der Waals surface area contributed by atoms with E-state index in [2.05, 4.69) is 20.4 Å². The van der Waals surface area contributed by atoms with Crippen molar-refractivity contribution in [3.05, 3.63) is 71.3 Å². The summed E-state index contributed by atoms with van der Waals surface area (Å²) in [6, 6.07) is 10.7. The number of aromatic nitrogens is 2. The lowest BCUT2D eigenvalue weighted by molar-refractivity contribution is -0.141. The van der Waals surface area contributed by atoms with Crippen molar-refractivity contribution < 1.29 is 27.2 Å². The molecule has 0 unspecified atom stereocenters. The first-order valence-electron chi connectivity index (χ1n) is 8.58. The topological polar surface area (TPSA) is 68.5 Å². The van der Waals surface area contributed by atoms with Crippen molar-refractivity contribution in [3.8, 4) is 11.1 Å². The van der Waals surface area contributed by atoms with E-state index < -0.39 is 29.2 Å². The van der Waals surface area contributed by atoms with Gasteiger partial charge in [-0.2, -0.15) is 18.3 Å². The fraction of sp³-hybridized carbons (Fsp3) is 0.150. The molecule has 30 heavy (non-hydrogen) atoms. The van der Waals surface area contributed by atoms with Crippen molar-refractivity contribution in [2.75, 3.05) is 12.4 Å². The Labute approximate surface area is 168 Å². The highest BCUT2D eigenvalue weighted by Crippen LogP contribution is 2.33. The second-order valence-electron chi connectivity index (χ2n) is 6.22. The first kappa shape index (κ1) is 21.0. The molecule has 1 N–H and O–H groups in total. The molecule has 1 amide bonds. The Morgan fingerprint density at radius 1 is 1.23 bits per heavy atom. The summed E-state index contributed by atoms with van der Waals surface area (Å²) < 4.78 is 54.7. The molecule has 0 radical (unpaired) electrons. The van der Waals surface area contributed by atoms with Crippen LogP contribution in [0.3, 0.4) is 0 Å². The number of aryl methyl sites for hydroxylation is 1. The molecule has 3 aromatic rings. The van der Waals surface area contributed by atoms with Crippen LogP contribution in [0.25, 0.3) is 11.1 Å². The first-order valence-corrected chi connectivity index (χ1v) is 8.58. The Bertz CT molecular complexity index is 1110. The number of amides is 1. The molecule has 10 heteroatoms. The summed E-state index contributed by atoms with van der Waals surface area (Å²) in [6.45, 7) is 0. The van der Waals surface area contributed by atoms with Crippen LogP contribution in [-0.2, 0) is 18.1 Å². The lowest BCUT2D eigenvalue weighted by atomic mass is 10.0. The van der Waals surface area contributed by atoms with Crippen molar-refractivity contribution in [2.24, 2.45) is 12.2 Å². The maximum absolute atomic E-state index is 14.3. The van der Waals surface area contributed by atoms with Crippen LogP contribution < -0.4 is 5.32 Å². The van der Waals surface area contributed by atoms with Crippen molar-refractivity contribution in [1.29, 1.82) is 0 Å². The molecule has 0 aliphatic heterocycles. The number of benzene rings is 2. The predicted molar refractivity (Wildman–Crippen MR) is 103 cm³/mol. The van der Waals surface area contributed by atoms with Crippen molar-refractivity contribution in [2.45, 2.75) is 6.18 Å². The molecule has 0 atom stereocenters. The van der Waals surface area contributed by atoms with Crippen LogP contribution in [0, 0.1) is 5.82 Å². The maximum Gasteiger partial charge on any atom is 0.435 e. The number of anilines is 1. The average Bonchev–Trinajstić information content (AvgIpc) is 3.10. The van der Waals surface area contributed by atoms with Gasteiger partial charge in [0, 0.05) is 30.1 Å². The van der Waals surface area contributed by atoms with Crippen LogP contribution in [0.1, 0.15) is 21.6 Å². The SMILES string of the molecule is CO/N=C/c1ccc(-c2ccccc2NC(=O)c2cn(C)nc2C(F)(F)F)cc1F. The zero-order chi connectivity index (χ0) is 21.9. The largest absolute Gasteiger partial charge is 0.435 e. The monoisotopic (exact) mass is 420 g/mol. The number of oxime groups is 1. The van der Waals surface area contributed by atoms with E-state index in [4.69, 9.17) is 0 Å². The Hall–Kier alpha value is -3.69. The predicted octanol–water partition coefficient (Wildman–Crippen LogP) is 4.48. The Kier molecular flexibility index (Phi) is 5.86. The summed E-state index contributed by atoms with van der Waals surface area (Å²) in [5.74, 6) is -1.56. The third kappa shape index (κ3) is 4.48. The molecule has 1 aromatic heterocycles. The second-order valence-corrected chi connectivity index (χ2v) is 6.22. The molecule has 1 heterocycles. The Morgan fingerprint density at radius 2 is 1.97 bits per heavy atom. The number of halogens is 4. The fourth-order valence-corrected chi connectivity index (χ4v) is 2.81. The summed E-state index contributed by atoms with van der Waals surface area (Å²) in [5.41, 5.74) is -0.646. The second kappa shape index (κ2) is 8.36. The number of rotatable bonds is 5. The molecule has 0 fully saturated rings. The van der Waals surface area contributed by atoms with E-state index in [-0.39, 0.29) is 11.3 Å². The highest BCUT2D eigenvalue weighted by Gasteiger charge is 2.39. The number of carbonyl (C=O) groups excluding carboxylic acids is 1. The van der Waals surface area contributed by atoms with Gasteiger partial charge in [0.1, 0.15) is 12.9 Å². The van der Waals surface area contributed by atoms with Gasteiger partial charge < -0.3 is 10.2 Å². The average molecular weight is 420 g/mol. The molecule has 3 rings (SSSR count). The molecular weight excluding hydrogens is 404 g/mol. The van der Waals surface area contributed by atoms with Gasteiger partial charge in [-0.3, -0.25) is 9.48 Å². The van der Waals surface area contributed by atoms with Crippen LogP contribution in [0.2, 0.25) is 0 Å². The fourth-order valence-electron chi connectivity index (χ4n) is 2.81. The van der Waals surface area contributed by atoms with Gasteiger partial charge in [0.05, 0.1) is 11.8 Å². The van der Waals surface area contributed by atoms with E-state index in [1.807, 2.05) is 0 Å². The highest BCUT2D eigenvalue weighted by atomic mass is 19.4. The third-order valence-corrected chi connectivity index (χ3v) is 4.13. The van der Waals surface area contributed by atoms with Gasteiger partial charge in [-0.05, 0) is 23.8 Å². The molecule has 2 aromatic carbocycles. The molecule has 6 nitrogen and oxygen atoms in total. The molecule has 0 spiro atoms. The van der Waals surface area contributed by atoms with E-state index in [9.17, 15) is 22.4 Å². The number of carbonyl (C=O) groups is 1. The number of nitrogens with one attached hydrogen (secondary N) is 1. The van der Waals surface area contributed by atoms with Gasteiger partial charge in [-0.25, -0.2) is 4.39 Å². The van der Waals surface area contributed by atoms with Crippen LogP contribution in [0.4, 0.5) is 23.2 Å². The molecule has 0 saturated heterocycles. The molecule has 156 valence electrons. The van der Waals surface area contributed by atoms with E-state index in [1.165, 1.54) is 38.6 Å². The quantitative estimate of drug-likeness (QED) is 0.376. The minimum Gasteiger partial charge on any atom is -0.399 e. The molecule has 0 saturated carbocycles. The zero-order valence-electron chi connectivity index (χ0n) is 15.9. The lowest BCUT2D eigenvalue weighted by Gasteiger charge is -2.12. The molecule has 0 aliphatic carbocycles. The van der Waals surface area contributed by atoms with Crippen LogP contribution >= 0.6 is 0 Å². The van der Waals surface area contributed by atoms with Gasteiger partial charge in [0.15, 0.2) is 5.69 Å². The van der Waals surface area contributed by atoms with Crippen LogP contribution in [-0.4, -0.2) is 29.0 Å². The standard InChI is InChI=1S/C20H16F4N4O2/c1-28-11-15(18(27-28)20(22,23)24)19(29)26-17-6-4-3-5-14(17)12-7-8-13(10-25-30-2)16(21)9-12/h3-11H,1-2H3,(H,26,29)/b25-10+. The van der Waals surface area contributed by atoms with E-state index >= 15 is 0 Å². The molecular formula is C20H16F4N4O2. The van der Waals surface area contributed by atoms with E-state index in [1.54, 1.807) is 24.3 Å². The lowest BCUT2D eigenvalue weighted by Crippen LogP contribution is -2.18. The summed E-state index contributed by atoms with van der Waals surface area (Å²) in [7, 11) is 2.62. The molecule has 0 aliphatic rings. The van der Waals surface area contributed by atoms with Gasteiger partial charge in [0.2, 0.25) is 0 Å². The minimum atomic E-state index is -4.78. The highest BCUT2D eigenvalue weighted by molar-refractivity contribution is 6.07. The zero-order valence-corrected chi connectivity index (χ0v) is 15.9. The van der Waals surface area contributed by atoms with Crippen molar-refractivity contribution >= 4 is 17.8 Å². The number of para-hydroxylation sites is 1. The first-order chi connectivity index (χ1) is 14.2. The van der Waals surface area contributed by atoms with Gasteiger partial charge in [-0.1, -0.05) is 29.4 Å². The van der Waals surface area contributed by atoms with Crippen molar-refractivity contribution in [1.82, 2.24) is 9.78 Å². The third-order valence-electron chi connectivity index (χ3n) is 4.13. The number of hydrogen-bond donors (Lipinski definition) is 1. The van der Waals surface area contributed by atoms with Crippen LogP contribution in [0.5, 0.6) is 0 Å². The number of hydrogen-bond acceptors (Lipinski definition) is 4. The Morgan fingerprint density at radius 3 is 2.63 bits per heavy atom. The molecule has 0 bridgehead atoms. The minimum absolute atomic E-state index is 0.187. The van der Waals surface area contributed by atoms with Crippen molar-refractivity contribution in [3.63, 3.8) is 0 Å². The maximum atomic E-state index is 14.3. The van der Waals surface area contributed by atoms with E-state index in [0.717, 1.165) is 10.9 Å².